The van der Waals surface area contributed by atoms with Crippen LogP contribution in [0.5, 0.6) is 0 Å². The number of aromatic nitrogens is 2. The van der Waals surface area contributed by atoms with Crippen molar-refractivity contribution in [2.75, 3.05) is 23.4 Å². The number of amides is 1. The highest BCUT2D eigenvalue weighted by Crippen LogP contribution is 2.27. The van der Waals surface area contributed by atoms with Gasteiger partial charge in [0.1, 0.15) is 17.5 Å². The van der Waals surface area contributed by atoms with Crippen LogP contribution >= 0.6 is 0 Å². The van der Waals surface area contributed by atoms with Gasteiger partial charge < -0.3 is 16.1 Å². The molecule has 0 atom stereocenters. The summed E-state index contributed by atoms with van der Waals surface area (Å²) in [6.07, 6.45) is 1.53. The summed E-state index contributed by atoms with van der Waals surface area (Å²) in [6.45, 7) is 5.31. The highest BCUT2D eigenvalue weighted by atomic mass is 16.1. The highest BCUT2D eigenvalue weighted by Gasteiger charge is 2.25. The van der Waals surface area contributed by atoms with Gasteiger partial charge in [-0.05, 0) is 26.7 Å². The Morgan fingerprint density at radius 2 is 1.95 bits per heavy atom. The van der Waals surface area contributed by atoms with E-state index in [0.717, 1.165) is 37.3 Å². The fraction of sp³-hybridized carbons (Fsp3) is 0.583. The van der Waals surface area contributed by atoms with Crippen LogP contribution in [0.15, 0.2) is 0 Å². The lowest BCUT2D eigenvalue weighted by atomic mass is 9.96. The molecule has 19 heavy (non-hydrogen) atoms. The summed E-state index contributed by atoms with van der Waals surface area (Å²) >= 11 is 0. The van der Waals surface area contributed by atoms with E-state index in [1.54, 1.807) is 0 Å². The van der Waals surface area contributed by atoms with Gasteiger partial charge in [-0.15, -0.1) is 0 Å². The molecule has 0 aliphatic carbocycles. The van der Waals surface area contributed by atoms with Crippen LogP contribution in [0.1, 0.15) is 24.2 Å². The monoisotopic (exact) mass is 264 g/mol. The highest BCUT2D eigenvalue weighted by molar-refractivity contribution is 5.77. The van der Waals surface area contributed by atoms with Crippen LogP contribution in [-0.2, 0) is 4.79 Å². The van der Waals surface area contributed by atoms with Crippen molar-refractivity contribution >= 4 is 17.5 Å². The predicted octanol–water partition coefficient (Wildman–Crippen LogP) is 0.0807. The first-order valence-corrected chi connectivity index (χ1v) is 6.39. The fourth-order valence-corrected chi connectivity index (χ4v) is 2.44. The Morgan fingerprint density at radius 1 is 1.32 bits per heavy atom. The minimum Gasteiger partial charge on any atom is -0.369 e. The van der Waals surface area contributed by atoms with Crippen molar-refractivity contribution in [1.29, 1.82) is 0 Å². The number of primary amides is 1. The van der Waals surface area contributed by atoms with Crippen LogP contribution in [0.3, 0.4) is 0 Å². The summed E-state index contributed by atoms with van der Waals surface area (Å²) in [7, 11) is 0. The standard InChI is InChI=1S/C12H20N6O/c1-7-11(17-14)15-8(2)16-12(7)18-5-3-9(4-6-18)10(13)19/h9H,3-6,14H2,1-2H3,(H2,13,19)(H,15,16,17). The maximum Gasteiger partial charge on any atom is 0.220 e. The Hall–Kier alpha value is -1.89. The van der Waals surface area contributed by atoms with Gasteiger partial charge in [-0.2, -0.15) is 0 Å². The van der Waals surface area contributed by atoms with E-state index in [9.17, 15) is 4.79 Å². The number of nitrogen functional groups attached to an aromatic ring is 1. The topological polar surface area (TPSA) is 110 Å². The van der Waals surface area contributed by atoms with Crippen LogP contribution in [0.4, 0.5) is 11.6 Å². The molecule has 1 aliphatic rings. The third-order valence-electron chi connectivity index (χ3n) is 3.57. The van der Waals surface area contributed by atoms with Crippen LogP contribution in [0, 0.1) is 19.8 Å². The van der Waals surface area contributed by atoms with Gasteiger partial charge in [0.2, 0.25) is 5.91 Å². The molecular formula is C12H20N6O. The van der Waals surface area contributed by atoms with Crippen LogP contribution in [0.25, 0.3) is 0 Å². The number of hydrogen-bond donors (Lipinski definition) is 3. The quantitative estimate of drug-likeness (QED) is 0.527. The number of anilines is 2. The number of nitrogens with zero attached hydrogens (tertiary/aromatic N) is 3. The molecule has 2 rings (SSSR count). The number of rotatable bonds is 3. The second-order valence-electron chi connectivity index (χ2n) is 4.88. The molecule has 7 nitrogen and oxygen atoms in total. The van der Waals surface area contributed by atoms with Gasteiger partial charge in [0.15, 0.2) is 0 Å². The van der Waals surface area contributed by atoms with E-state index < -0.39 is 0 Å². The molecule has 0 unspecified atom stereocenters. The Morgan fingerprint density at radius 3 is 2.47 bits per heavy atom. The van der Waals surface area contributed by atoms with E-state index in [4.69, 9.17) is 11.6 Å². The van der Waals surface area contributed by atoms with Crippen LogP contribution in [0.2, 0.25) is 0 Å². The Labute approximate surface area is 112 Å². The normalized spacial score (nSPS) is 16.5. The first-order chi connectivity index (χ1) is 9.02. The lowest BCUT2D eigenvalue weighted by Gasteiger charge is -2.32. The third kappa shape index (κ3) is 2.76. The zero-order valence-corrected chi connectivity index (χ0v) is 11.3. The summed E-state index contributed by atoms with van der Waals surface area (Å²) < 4.78 is 0. The Balaban J connectivity index is 2.20. The molecule has 104 valence electrons. The number of carbonyl (C=O) groups excluding carboxylic acids is 1. The third-order valence-corrected chi connectivity index (χ3v) is 3.57. The summed E-state index contributed by atoms with van der Waals surface area (Å²) in [6, 6.07) is 0. The predicted molar refractivity (Wildman–Crippen MR) is 73.4 cm³/mol. The molecule has 0 saturated carbocycles. The van der Waals surface area contributed by atoms with Gasteiger partial charge in [0, 0.05) is 24.6 Å². The zero-order chi connectivity index (χ0) is 14.0. The fourth-order valence-electron chi connectivity index (χ4n) is 2.44. The van der Waals surface area contributed by atoms with Crippen molar-refractivity contribution < 1.29 is 4.79 Å². The molecule has 7 heteroatoms. The first kappa shape index (κ1) is 13.5. The summed E-state index contributed by atoms with van der Waals surface area (Å²) in [5.74, 6) is 7.42. The zero-order valence-electron chi connectivity index (χ0n) is 11.3. The number of nitrogens with two attached hydrogens (primary N) is 2. The molecule has 0 spiro atoms. The number of carbonyl (C=O) groups is 1. The van der Waals surface area contributed by atoms with E-state index in [2.05, 4.69) is 20.3 Å². The van der Waals surface area contributed by atoms with Gasteiger partial charge in [-0.25, -0.2) is 15.8 Å². The van der Waals surface area contributed by atoms with E-state index in [1.165, 1.54) is 0 Å². The second kappa shape index (κ2) is 5.40. The SMILES string of the molecule is Cc1nc(NN)c(C)c(N2CCC(C(N)=O)CC2)n1. The lowest BCUT2D eigenvalue weighted by Crippen LogP contribution is -2.39. The molecule has 1 fully saturated rings. The van der Waals surface area contributed by atoms with E-state index in [-0.39, 0.29) is 11.8 Å². The number of hydrogen-bond acceptors (Lipinski definition) is 6. The number of nitrogens with one attached hydrogen (secondary N) is 1. The number of piperidine rings is 1. The van der Waals surface area contributed by atoms with Gasteiger partial charge in [-0.1, -0.05) is 0 Å². The molecule has 0 bridgehead atoms. The summed E-state index contributed by atoms with van der Waals surface area (Å²) in [5.41, 5.74) is 8.85. The second-order valence-corrected chi connectivity index (χ2v) is 4.88. The van der Waals surface area contributed by atoms with Crippen molar-refractivity contribution in [2.45, 2.75) is 26.7 Å². The molecule has 1 amide bonds. The van der Waals surface area contributed by atoms with E-state index in [1.807, 2.05) is 13.8 Å². The minimum absolute atomic E-state index is 0.0217. The smallest absolute Gasteiger partial charge is 0.220 e. The van der Waals surface area contributed by atoms with Gasteiger partial charge in [0.05, 0.1) is 0 Å². The maximum absolute atomic E-state index is 11.2. The van der Waals surface area contributed by atoms with Gasteiger partial charge in [-0.3, -0.25) is 4.79 Å². The van der Waals surface area contributed by atoms with Crippen LogP contribution < -0.4 is 21.9 Å². The van der Waals surface area contributed by atoms with Crippen molar-refractivity contribution in [3.63, 3.8) is 0 Å². The maximum atomic E-state index is 11.2. The van der Waals surface area contributed by atoms with Crippen molar-refractivity contribution in [3.05, 3.63) is 11.4 Å². The van der Waals surface area contributed by atoms with Gasteiger partial charge >= 0.3 is 0 Å². The van der Waals surface area contributed by atoms with E-state index in [0.29, 0.717) is 11.6 Å². The number of aryl methyl sites for hydroxylation is 1. The van der Waals surface area contributed by atoms with Crippen molar-refractivity contribution in [1.82, 2.24) is 9.97 Å². The molecule has 2 heterocycles. The molecule has 1 aromatic rings. The van der Waals surface area contributed by atoms with Crippen LogP contribution in [-0.4, -0.2) is 29.0 Å². The molecule has 0 radical (unpaired) electrons. The largest absolute Gasteiger partial charge is 0.369 e. The summed E-state index contributed by atoms with van der Waals surface area (Å²) in [4.78, 5) is 22.0. The molecule has 1 saturated heterocycles. The number of hydrazine groups is 1. The van der Waals surface area contributed by atoms with Crippen molar-refractivity contribution in [3.8, 4) is 0 Å². The summed E-state index contributed by atoms with van der Waals surface area (Å²) in [5, 5.41) is 0. The average Bonchev–Trinajstić information content (AvgIpc) is 2.41. The van der Waals surface area contributed by atoms with Crippen molar-refractivity contribution in [2.24, 2.45) is 17.5 Å². The molecule has 5 N–H and O–H groups in total. The molecule has 1 aromatic heterocycles. The molecular weight excluding hydrogens is 244 g/mol. The minimum atomic E-state index is -0.209. The lowest BCUT2D eigenvalue weighted by molar-refractivity contribution is -0.122. The molecule has 1 aliphatic heterocycles. The van der Waals surface area contributed by atoms with Gasteiger partial charge in [0.25, 0.3) is 0 Å². The van der Waals surface area contributed by atoms with E-state index >= 15 is 0 Å². The first-order valence-electron chi connectivity index (χ1n) is 6.39. The average molecular weight is 264 g/mol. The Kier molecular flexibility index (Phi) is 3.84. The Bertz CT molecular complexity index is 481. The molecule has 0 aromatic carbocycles.